The van der Waals surface area contributed by atoms with E-state index in [0.29, 0.717) is 42.0 Å². The van der Waals surface area contributed by atoms with Crippen molar-refractivity contribution in [1.82, 2.24) is 20.1 Å². The van der Waals surface area contributed by atoms with Crippen molar-refractivity contribution in [1.29, 1.82) is 5.26 Å². The van der Waals surface area contributed by atoms with Crippen molar-refractivity contribution in [2.75, 3.05) is 19.5 Å². The third-order valence-corrected chi connectivity index (χ3v) is 6.19. The molecular weight excluding hydrogens is 410 g/mol. The minimum Gasteiger partial charge on any atom is -0.383 e. The van der Waals surface area contributed by atoms with Crippen molar-refractivity contribution >= 4 is 29.3 Å². The molecule has 9 heteroatoms. The molecule has 1 amide bonds. The summed E-state index contributed by atoms with van der Waals surface area (Å²) in [7, 11) is 1.64. The van der Waals surface area contributed by atoms with Crippen molar-refractivity contribution < 1.29 is 9.53 Å². The molecule has 1 heterocycles. The maximum Gasteiger partial charge on any atom is 0.231 e. The maximum absolute atomic E-state index is 12.5. The van der Waals surface area contributed by atoms with Gasteiger partial charge in [-0.2, -0.15) is 5.26 Å². The molecule has 1 aliphatic carbocycles. The molecule has 0 bridgehead atoms. The van der Waals surface area contributed by atoms with Crippen molar-refractivity contribution in [3.63, 3.8) is 0 Å². The van der Waals surface area contributed by atoms with Crippen LogP contribution in [0.15, 0.2) is 29.4 Å². The fourth-order valence-corrected chi connectivity index (χ4v) is 4.34. The van der Waals surface area contributed by atoms with Crippen molar-refractivity contribution in [2.45, 2.75) is 49.3 Å². The lowest BCUT2D eigenvalue weighted by atomic mass is 9.83. The van der Waals surface area contributed by atoms with E-state index in [2.05, 4.69) is 21.6 Å². The Hall–Kier alpha value is -2.08. The molecule has 1 fully saturated rings. The summed E-state index contributed by atoms with van der Waals surface area (Å²) in [4.78, 5) is 12.5. The molecule has 1 aromatic carbocycles. The molecule has 2 aromatic rings. The van der Waals surface area contributed by atoms with Gasteiger partial charge >= 0.3 is 0 Å². The summed E-state index contributed by atoms with van der Waals surface area (Å²) in [5.41, 5.74) is 0.161. The Kier molecular flexibility index (Phi) is 7.53. The molecule has 0 atom stereocenters. The topological polar surface area (TPSA) is 92.8 Å². The second kappa shape index (κ2) is 10.1. The molecule has 0 spiro atoms. The Balaban J connectivity index is 1.70. The average Bonchev–Trinajstić information content (AvgIpc) is 3.14. The van der Waals surface area contributed by atoms with Gasteiger partial charge in [-0.3, -0.25) is 9.36 Å². The van der Waals surface area contributed by atoms with Gasteiger partial charge in [0.2, 0.25) is 5.91 Å². The molecule has 1 aromatic heterocycles. The fourth-order valence-electron chi connectivity index (χ4n) is 3.45. The number of halogens is 1. The first-order valence-electron chi connectivity index (χ1n) is 9.60. The predicted octanol–water partition coefficient (Wildman–Crippen LogP) is 3.68. The minimum atomic E-state index is -0.728. The van der Waals surface area contributed by atoms with Gasteiger partial charge in [-0.25, -0.2) is 0 Å². The number of hydrogen-bond acceptors (Lipinski definition) is 6. The molecule has 0 radical (unpaired) electrons. The van der Waals surface area contributed by atoms with Gasteiger partial charge in [0.25, 0.3) is 0 Å². The van der Waals surface area contributed by atoms with Crippen molar-refractivity contribution in [3.05, 3.63) is 29.3 Å². The summed E-state index contributed by atoms with van der Waals surface area (Å²) >= 11 is 7.29. The Bertz CT molecular complexity index is 872. The van der Waals surface area contributed by atoms with E-state index in [4.69, 9.17) is 16.3 Å². The van der Waals surface area contributed by atoms with Crippen LogP contribution in [0.1, 0.15) is 32.1 Å². The fraction of sp³-hybridized carbons (Fsp3) is 0.500. The number of hydrogen-bond donors (Lipinski definition) is 1. The van der Waals surface area contributed by atoms with Gasteiger partial charge < -0.3 is 10.1 Å². The van der Waals surface area contributed by atoms with E-state index in [1.807, 2.05) is 16.7 Å². The zero-order chi connectivity index (χ0) is 20.7. The number of thioether (sulfide) groups is 1. The van der Waals surface area contributed by atoms with Crippen molar-refractivity contribution in [2.24, 2.45) is 0 Å². The van der Waals surface area contributed by atoms with E-state index in [1.165, 1.54) is 11.8 Å². The standard InChI is InChI=1S/C20H24ClN5O2S/c1-28-12-11-26-18(15-5-7-16(21)8-6-15)24-25-19(26)29-13-17(27)23-20(14-22)9-3-2-4-10-20/h5-8H,2-4,9-13H2,1H3,(H,23,27). The van der Waals surface area contributed by atoms with E-state index in [-0.39, 0.29) is 11.7 Å². The Morgan fingerprint density at radius 1 is 1.31 bits per heavy atom. The van der Waals surface area contributed by atoms with E-state index in [9.17, 15) is 10.1 Å². The second-order valence-corrected chi connectivity index (χ2v) is 8.43. The lowest BCUT2D eigenvalue weighted by Crippen LogP contribution is -2.49. The number of amides is 1. The monoisotopic (exact) mass is 433 g/mol. The third kappa shape index (κ3) is 5.50. The number of aromatic nitrogens is 3. The highest BCUT2D eigenvalue weighted by Crippen LogP contribution is 2.28. The molecule has 154 valence electrons. The van der Waals surface area contributed by atoms with E-state index >= 15 is 0 Å². The van der Waals surface area contributed by atoms with Crippen LogP contribution in [0.5, 0.6) is 0 Å². The van der Waals surface area contributed by atoms with Crippen molar-refractivity contribution in [3.8, 4) is 17.5 Å². The van der Waals surface area contributed by atoms with E-state index in [1.54, 1.807) is 19.2 Å². The molecule has 29 heavy (non-hydrogen) atoms. The van der Waals surface area contributed by atoms with Gasteiger partial charge in [-0.15, -0.1) is 10.2 Å². The predicted molar refractivity (Wildman–Crippen MR) is 113 cm³/mol. The smallest absolute Gasteiger partial charge is 0.231 e. The quantitative estimate of drug-likeness (QED) is 0.638. The van der Waals surface area contributed by atoms with Crippen LogP contribution >= 0.6 is 23.4 Å². The van der Waals surface area contributed by atoms with Gasteiger partial charge in [0.1, 0.15) is 5.54 Å². The highest BCUT2D eigenvalue weighted by Gasteiger charge is 2.33. The van der Waals surface area contributed by atoms with Gasteiger partial charge in [-0.05, 0) is 37.1 Å². The van der Waals surface area contributed by atoms with Crippen LogP contribution in [0.2, 0.25) is 5.02 Å². The number of carbonyl (C=O) groups is 1. The Morgan fingerprint density at radius 2 is 2.03 bits per heavy atom. The highest BCUT2D eigenvalue weighted by molar-refractivity contribution is 7.99. The summed E-state index contributed by atoms with van der Waals surface area (Å²) in [6, 6.07) is 9.69. The molecule has 1 saturated carbocycles. The number of nitrogens with zero attached hydrogens (tertiary/aromatic N) is 4. The first-order chi connectivity index (χ1) is 14.1. The number of rotatable bonds is 8. The zero-order valence-corrected chi connectivity index (χ0v) is 17.9. The molecule has 0 unspecified atom stereocenters. The summed E-state index contributed by atoms with van der Waals surface area (Å²) in [6.45, 7) is 1.06. The maximum atomic E-state index is 12.5. The summed E-state index contributed by atoms with van der Waals surface area (Å²) in [5, 5.41) is 22.3. The SMILES string of the molecule is COCCn1c(SCC(=O)NC2(C#N)CCCCC2)nnc1-c1ccc(Cl)cc1. The first-order valence-corrected chi connectivity index (χ1v) is 11.0. The number of benzene rings is 1. The second-order valence-electron chi connectivity index (χ2n) is 7.05. The van der Waals surface area contributed by atoms with Gasteiger partial charge in [-0.1, -0.05) is 42.6 Å². The van der Waals surface area contributed by atoms with Crippen LogP contribution < -0.4 is 5.32 Å². The largest absolute Gasteiger partial charge is 0.383 e. The first kappa shape index (κ1) is 21.6. The van der Waals surface area contributed by atoms with E-state index in [0.717, 1.165) is 24.8 Å². The van der Waals surface area contributed by atoms with Crippen LogP contribution in [0, 0.1) is 11.3 Å². The van der Waals surface area contributed by atoms with Crippen LogP contribution in [-0.2, 0) is 16.1 Å². The Labute approximate surface area is 179 Å². The minimum absolute atomic E-state index is 0.159. The number of nitriles is 1. The summed E-state index contributed by atoms with van der Waals surface area (Å²) in [6.07, 6.45) is 4.48. The summed E-state index contributed by atoms with van der Waals surface area (Å²) < 4.78 is 7.15. The molecule has 0 aliphatic heterocycles. The highest BCUT2D eigenvalue weighted by atomic mass is 35.5. The average molecular weight is 434 g/mol. The number of ether oxygens (including phenoxy) is 1. The summed E-state index contributed by atoms with van der Waals surface area (Å²) in [5.74, 6) is 0.713. The van der Waals surface area contributed by atoms with Gasteiger partial charge in [0.15, 0.2) is 11.0 Å². The normalized spacial score (nSPS) is 15.6. The lowest BCUT2D eigenvalue weighted by Gasteiger charge is -2.31. The van der Waals surface area contributed by atoms with Crippen LogP contribution in [-0.4, -0.2) is 45.7 Å². The molecule has 1 aliphatic rings. The van der Waals surface area contributed by atoms with E-state index < -0.39 is 5.54 Å². The molecule has 7 nitrogen and oxygen atoms in total. The molecule has 0 saturated heterocycles. The number of nitrogens with one attached hydrogen (secondary N) is 1. The van der Waals surface area contributed by atoms with Gasteiger partial charge in [0.05, 0.1) is 25.0 Å². The number of methoxy groups -OCH3 is 1. The molecule has 3 rings (SSSR count). The molecular formula is C20H24ClN5O2S. The Morgan fingerprint density at radius 3 is 2.69 bits per heavy atom. The lowest BCUT2D eigenvalue weighted by molar-refractivity contribution is -0.120. The zero-order valence-electron chi connectivity index (χ0n) is 16.4. The van der Waals surface area contributed by atoms with Crippen LogP contribution in [0.4, 0.5) is 0 Å². The van der Waals surface area contributed by atoms with Gasteiger partial charge in [0, 0.05) is 17.7 Å². The number of carbonyl (C=O) groups excluding carboxylic acids is 1. The third-order valence-electron chi connectivity index (χ3n) is 4.97. The van der Waals surface area contributed by atoms with Crippen LogP contribution in [0.25, 0.3) is 11.4 Å². The van der Waals surface area contributed by atoms with Crippen LogP contribution in [0.3, 0.4) is 0 Å². The molecule has 1 N–H and O–H groups in total.